The number of aromatic nitrogens is 3. The highest BCUT2D eigenvalue weighted by Gasteiger charge is 2.13. The molecule has 1 aliphatic heterocycles. The Kier molecular flexibility index (Phi) is 3.77. The van der Waals surface area contributed by atoms with Crippen molar-refractivity contribution in [1.29, 1.82) is 0 Å². The summed E-state index contributed by atoms with van der Waals surface area (Å²) in [5, 5.41) is 11.3. The van der Waals surface area contributed by atoms with E-state index in [0.717, 1.165) is 44.1 Å². The minimum absolute atomic E-state index is 0.700. The quantitative estimate of drug-likeness (QED) is 0.893. The lowest BCUT2D eigenvalue weighted by atomic mass is 10.2. The van der Waals surface area contributed by atoms with Crippen LogP contribution in [0, 0.1) is 0 Å². The molecule has 2 aromatic rings. The number of piperazine rings is 1. The molecule has 1 aromatic carbocycles. The fourth-order valence-corrected chi connectivity index (χ4v) is 2.39. The molecule has 6 heteroatoms. The zero-order valence-electron chi connectivity index (χ0n) is 10.6. The van der Waals surface area contributed by atoms with Crippen molar-refractivity contribution < 1.29 is 0 Å². The van der Waals surface area contributed by atoms with Gasteiger partial charge in [0.2, 0.25) is 0 Å². The average molecular weight is 278 g/mol. The molecule has 5 nitrogen and oxygen atoms in total. The van der Waals surface area contributed by atoms with Crippen LogP contribution in [0.2, 0.25) is 5.02 Å². The zero-order chi connectivity index (χ0) is 13.1. The molecule has 0 radical (unpaired) electrons. The summed E-state index contributed by atoms with van der Waals surface area (Å²) in [4.78, 5) is 6.89. The number of rotatable bonds is 3. The highest BCUT2D eigenvalue weighted by molar-refractivity contribution is 6.30. The summed E-state index contributed by atoms with van der Waals surface area (Å²) in [6.07, 6.45) is 0. The van der Waals surface area contributed by atoms with Crippen molar-refractivity contribution in [1.82, 2.24) is 25.4 Å². The highest BCUT2D eigenvalue weighted by atomic mass is 35.5. The van der Waals surface area contributed by atoms with Crippen LogP contribution in [0.1, 0.15) is 5.82 Å². The van der Waals surface area contributed by atoms with Crippen LogP contribution < -0.4 is 5.32 Å². The molecule has 1 saturated heterocycles. The van der Waals surface area contributed by atoms with Gasteiger partial charge in [-0.1, -0.05) is 23.7 Å². The Balaban J connectivity index is 1.72. The van der Waals surface area contributed by atoms with Gasteiger partial charge in [-0.15, -0.1) is 0 Å². The van der Waals surface area contributed by atoms with Crippen LogP contribution >= 0.6 is 11.6 Å². The average Bonchev–Trinajstić information content (AvgIpc) is 2.88. The molecule has 2 heterocycles. The van der Waals surface area contributed by atoms with Crippen molar-refractivity contribution in [2.75, 3.05) is 26.2 Å². The van der Waals surface area contributed by atoms with E-state index in [1.54, 1.807) is 0 Å². The Bertz CT molecular complexity index is 547. The number of aromatic amines is 1. The van der Waals surface area contributed by atoms with E-state index in [1.165, 1.54) is 0 Å². The van der Waals surface area contributed by atoms with Gasteiger partial charge >= 0.3 is 0 Å². The minimum atomic E-state index is 0.700. The number of nitrogens with zero attached hydrogens (tertiary/aromatic N) is 3. The molecule has 0 saturated carbocycles. The maximum Gasteiger partial charge on any atom is 0.181 e. The maximum atomic E-state index is 5.98. The van der Waals surface area contributed by atoms with Crippen LogP contribution in [0.4, 0.5) is 0 Å². The molecule has 1 fully saturated rings. The third-order valence-corrected chi connectivity index (χ3v) is 3.43. The normalized spacial score (nSPS) is 16.7. The maximum absolute atomic E-state index is 5.98. The van der Waals surface area contributed by atoms with Gasteiger partial charge in [0.05, 0.1) is 6.54 Å². The summed E-state index contributed by atoms with van der Waals surface area (Å²) in [5.74, 6) is 1.60. The lowest BCUT2D eigenvalue weighted by molar-refractivity contribution is 0.228. The molecule has 3 rings (SSSR count). The predicted octanol–water partition coefficient (Wildman–Crippen LogP) is 1.53. The fourth-order valence-electron chi connectivity index (χ4n) is 2.20. The lowest BCUT2D eigenvalue weighted by Crippen LogP contribution is -2.43. The molecule has 1 aliphatic rings. The minimum Gasteiger partial charge on any atom is -0.314 e. The standard InChI is InChI=1S/C13H16ClN5/c14-11-3-1-2-10(8-11)13-16-12(17-18-13)9-19-6-4-15-5-7-19/h1-3,8,15H,4-7,9H2,(H,16,17,18). The first-order valence-corrected chi connectivity index (χ1v) is 6.79. The van der Waals surface area contributed by atoms with Crippen molar-refractivity contribution in [3.63, 3.8) is 0 Å². The predicted molar refractivity (Wildman–Crippen MR) is 75.0 cm³/mol. The molecule has 2 N–H and O–H groups in total. The summed E-state index contributed by atoms with van der Waals surface area (Å²) in [5.41, 5.74) is 0.940. The Morgan fingerprint density at radius 2 is 2.11 bits per heavy atom. The molecule has 100 valence electrons. The van der Waals surface area contributed by atoms with Gasteiger partial charge < -0.3 is 5.32 Å². The molecule has 0 atom stereocenters. The number of hydrogen-bond donors (Lipinski definition) is 2. The third kappa shape index (κ3) is 3.12. The molecule has 0 aliphatic carbocycles. The first kappa shape index (κ1) is 12.6. The van der Waals surface area contributed by atoms with Gasteiger partial charge in [-0.25, -0.2) is 4.98 Å². The second-order valence-electron chi connectivity index (χ2n) is 4.64. The van der Waals surface area contributed by atoms with E-state index in [-0.39, 0.29) is 0 Å². The van der Waals surface area contributed by atoms with Gasteiger partial charge in [-0.3, -0.25) is 10.00 Å². The van der Waals surface area contributed by atoms with Gasteiger partial charge in [-0.2, -0.15) is 5.10 Å². The molecule has 1 aromatic heterocycles. The summed E-state index contributed by atoms with van der Waals surface area (Å²) >= 11 is 5.98. The summed E-state index contributed by atoms with van der Waals surface area (Å²) in [6.45, 7) is 4.99. The highest BCUT2D eigenvalue weighted by Crippen LogP contribution is 2.19. The van der Waals surface area contributed by atoms with Crippen LogP contribution in [0.5, 0.6) is 0 Å². The number of halogens is 1. The van der Waals surface area contributed by atoms with Crippen LogP contribution in [-0.4, -0.2) is 46.3 Å². The first-order valence-electron chi connectivity index (χ1n) is 6.41. The van der Waals surface area contributed by atoms with Crippen molar-refractivity contribution in [3.05, 3.63) is 35.1 Å². The van der Waals surface area contributed by atoms with E-state index < -0.39 is 0 Å². The SMILES string of the molecule is Clc1cccc(-c2n[nH]c(CN3CCNCC3)n2)c1. The molecular formula is C13H16ClN5. The Labute approximate surface area is 117 Å². The summed E-state index contributed by atoms with van der Waals surface area (Å²) < 4.78 is 0. The third-order valence-electron chi connectivity index (χ3n) is 3.20. The summed E-state index contributed by atoms with van der Waals surface area (Å²) in [6, 6.07) is 7.59. The largest absolute Gasteiger partial charge is 0.314 e. The van der Waals surface area contributed by atoms with Crippen LogP contribution in [0.3, 0.4) is 0 Å². The summed E-state index contributed by atoms with van der Waals surface area (Å²) in [7, 11) is 0. The van der Waals surface area contributed by atoms with Gasteiger partial charge in [0, 0.05) is 36.8 Å². The van der Waals surface area contributed by atoms with Crippen LogP contribution in [-0.2, 0) is 6.54 Å². The van der Waals surface area contributed by atoms with Crippen molar-refractivity contribution in [3.8, 4) is 11.4 Å². The first-order chi connectivity index (χ1) is 9.31. The second-order valence-corrected chi connectivity index (χ2v) is 5.08. The number of H-pyrrole nitrogens is 1. The molecule has 0 unspecified atom stereocenters. The monoisotopic (exact) mass is 277 g/mol. The van der Waals surface area contributed by atoms with Gasteiger partial charge in [0.25, 0.3) is 0 Å². The van der Waals surface area contributed by atoms with E-state index in [1.807, 2.05) is 24.3 Å². The number of benzene rings is 1. The Hall–Kier alpha value is -1.43. The van der Waals surface area contributed by atoms with Crippen LogP contribution in [0.15, 0.2) is 24.3 Å². The van der Waals surface area contributed by atoms with Crippen molar-refractivity contribution in [2.24, 2.45) is 0 Å². The number of nitrogens with one attached hydrogen (secondary N) is 2. The Morgan fingerprint density at radius 1 is 1.26 bits per heavy atom. The molecule has 0 amide bonds. The smallest absolute Gasteiger partial charge is 0.181 e. The molecule has 0 spiro atoms. The zero-order valence-corrected chi connectivity index (χ0v) is 11.3. The Morgan fingerprint density at radius 3 is 2.89 bits per heavy atom. The molecular weight excluding hydrogens is 262 g/mol. The lowest BCUT2D eigenvalue weighted by Gasteiger charge is -2.25. The second kappa shape index (κ2) is 5.69. The van der Waals surface area contributed by atoms with Gasteiger partial charge in [-0.05, 0) is 12.1 Å². The number of hydrogen-bond acceptors (Lipinski definition) is 4. The van der Waals surface area contributed by atoms with E-state index in [9.17, 15) is 0 Å². The van der Waals surface area contributed by atoms with Crippen LogP contribution in [0.25, 0.3) is 11.4 Å². The van der Waals surface area contributed by atoms with Crippen molar-refractivity contribution in [2.45, 2.75) is 6.54 Å². The molecule has 0 bridgehead atoms. The van der Waals surface area contributed by atoms with E-state index in [0.29, 0.717) is 10.8 Å². The van der Waals surface area contributed by atoms with Gasteiger partial charge in [0.1, 0.15) is 5.82 Å². The van der Waals surface area contributed by atoms with Crippen molar-refractivity contribution >= 4 is 11.6 Å². The van der Waals surface area contributed by atoms with E-state index in [4.69, 9.17) is 11.6 Å². The topological polar surface area (TPSA) is 56.8 Å². The van der Waals surface area contributed by atoms with Gasteiger partial charge in [0.15, 0.2) is 5.82 Å². The fraction of sp³-hybridized carbons (Fsp3) is 0.385. The van der Waals surface area contributed by atoms with E-state index >= 15 is 0 Å². The van der Waals surface area contributed by atoms with E-state index in [2.05, 4.69) is 25.4 Å². The molecule has 19 heavy (non-hydrogen) atoms.